The Labute approximate surface area is 297 Å². The van der Waals surface area contributed by atoms with Gasteiger partial charge in [-0.25, -0.2) is 9.59 Å². The van der Waals surface area contributed by atoms with Crippen LogP contribution in [-0.2, 0) is 38.8 Å². The van der Waals surface area contributed by atoms with Crippen molar-refractivity contribution >= 4 is 46.5 Å². The highest BCUT2D eigenvalue weighted by Crippen LogP contribution is 2.25. The summed E-state index contributed by atoms with van der Waals surface area (Å²) >= 11 is 6.22. The molecular formula is C38H42ClN5O6. The van der Waals surface area contributed by atoms with Gasteiger partial charge >= 0.3 is 12.2 Å². The molecule has 1 N–H and O–H groups in total. The van der Waals surface area contributed by atoms with Crippen molar-refractivity contribution in [3.05, 3.63) is 113 Å². The van der Waals surface area contributed by atoms with Crippen LogP contribution in [0.5, 0.6) is 0 Å². The first-order chi connectivity index (χ1) is 24.0. The molecule has 2 saturated heterocycles. The standard InChI is InChI=1S/C24H24ClN3O3.C14H18N2O3/c1-16-13-27(14-19-8-9-20-21(25)10-11-26-22(20)12-19)23(29)17(2)28(16)24(30)31-15-18-6-4-3-5-7-18;1-10-8-15-13(17)11(2)16(10)14(18)19-9-12-6-4-3-5-7-12/h3-12,16-17H,13-15H2,1-2H3;3-7,10-11H,8-9H2,1-2H3,(H,15,17)/t16?,17-;10?,11-/m00/s1. The predicted octanol–water partition coefficient (Wildman–Crippen LogP) is 6.18. The Hall–Kier alpha value is -5.16. The Morgan fingerprint density at radius 2 is 1.36 bits per heavy atom. The normalized spacial score (nSPS) is 20.5. The number of benzene rings is 3. The second-order valence-electron chi connectivity index (χ2n) is 12.6. The zero-order valence-electron chi connectivity index (χ0n) is 28.6. The fraction of sp³-hybridized carbons (Fsp3) is 0.342. The van der Waals surface area contributed by atoms with Crippen LogP contribution >= 0.6 is 11.6 Å². The van der Waals surface area contributed by atoms with Crippen molar-refractivity contribution < 1.29 is 28.7 Å². The number of nitrogens with zero attached hydrogens (tertiary/aromatic N) is 4. The second kappa shape index (κ2) is 16.5. The lowest BCUT2D eigenvalue weighted by atomic mass is 10.1. The monoisotopic (exact) mass is 699 g/mol. The third kappa shape index (κ3) is 8.70. The average Bonchev–Trinajstić information content (AvgIpc) is 3.12. The van der Waals surface area contributed by atoms with E-state index in [1.165, 1.54) is 9.80 Å². The number of nitrogens with one attached hydrogen (secondary N) is 1. The van der Waals surface area contributed by atoms with Crippen LogP contribution in [0.3, 0.4) is 0 Å². The molecule has 2 aliphatic rings. The van der Waals surface area contributed by atoms with Crippen LogP contribution < -0.4 is 5.32 Å². The summed E-state index contributed by atoms with van der Waals surface area (Å²) in [5, 5.41) is 4.28. The molecule has 3 heterocycles. The average molecular weight is 700 g/mol. The number of ether oxygens (including phenoxy) is 2. The maximum absolute atomic E-state index is 13.0. The fourth-order valence-corrected chi connectivity index (χ4v) is 6.36. The summed E-state index contributed by atoms with van der Waals surface area (Å²) in [6.45, 7) is 9.02. The van der Waals surface area contributed by atoms with Crippen LogP contribution in [0.4, 0.5) is 9.59 Å². The summed E-state index contributed by atoms with van der Waals surface area (Å²) in [6, 6.07) is 25.2. The number of carbonyl (C=O) groups excluding carboxylic acids is 4. The van der Waals surface area contributed by atoms with Gasteiger partial charge in [0, 0.05) is 31.2 Å². The van der Waals surface area contributed by atoms with Gasteiger partial charge in [0.2, 0.25) is 11.8 Å². The van der Waals surface area contributed by atoms with Crippen LogP contribution in [0.15, 0.2) is 91.1 Å². The van der Waals surface area contributed by atoms with Crippen molar-refractivity contribution in [3.8, 4) is 0 Å². The minimum atomic E-state index is -0.597. The Morgan fingerprint density at radius 3 is 1.96 bits per heavy atom. The number of piperazine rings is 2. The maximum Gasteiger partial charge on any atom is 0.411 e. The predicted molar refractivity (Wildman–Crippen MR) is 190 cm³/mol. The van der Waals surface area contributed by atoms with E-state index in [-0.39, 0.29) is 37.1 Å². The number of fused-ring (bicyclic) bond motifs is 1. The SMILES string of the molecule is CC1CN(Cc2ccc3c(Cl)ccnc3c2)C(=O)[C@H](C)N1C(=O)OCc1ccccc1.CC1CNC(=O)[C@H](C)N1C(=O)OCc1ccccc1. The van der Waals surface area contributed by atoms with Crippen LogP contribution in [0, 0.1) is 0 Å². The number of hydrogen-bond acceptors (Lipinski definition) is 7. The molecular weight excluding hydrogens is 658 g/mol. The third-order valence-corrected chi connectivity index (χ3v) is 9.18. The fourth-order valence-electron chi connectivity index (χ4n) is 6.15. The van der Waals surface area contributed by atoms with Gasteiger partial charge in [0.25, 0.3) is 0 Å². The largest absolute Gasteiger partial charge is 0.445 e. The lowest BCUT2D eigenvalue weighted by molar-refractivity contribution is -0.143. The zero-order valence-corrected chi connectivity index (χ0v) is 29.4. The Bertz CT molecular complexity index is 1810. The molecule has 4 amide bonds. The Kier molecular flexibility index (Phi) is 11.9. The molecule has 0 bridgehead atoms. The summed E-state index contributed by atoms with van der Waals surface area (Å²) < 4.78 is 10.7. The van der Waals surface area contributed by atoms with Crippen molar-refractivity contribution in [2.24, 2.45) is 0 Å². The third-order valence-electron chi connectivity index (χ3n) is 8.85. The summed E-state index contributed by atoms with van der Waals surface area (Å²) in [5.74, 6) is -0.247. The highest BCUT2D eigenvalue weighted by molar-refractivity contribution is 6.35. The van der Waals surface area contributed by atoms with Crippen LogP contribution in [0.2, 0.25) is 5.02 Å². The van der Waals surface area contributed by atoms with Gasteiger partial charge in [-0.3, -0.25) is 24.4 Å². The van der Waals surface area contributed by atoms with Gasteiger partial charge in [-0.2, -0.15) is 0 Å². The molecule has 2 fully saturated rings. The molecule has 11 nitrogen and oxygen atoms in total. The summed E-state index contributed by atoms with van der Waals surface area (Å²) in [7, 11) is 0. The van der Waals surface area contributed by atoms with E-state index in [9.17, 15) is 19.2 Å². The summed E-state index contributed by atoms with van der Waals surface area (Å²) in [6.07, 6.45) is 0.754. The van der Waals surface area contributed by atoms with E-state index in [0.717, 1.165) is 27.6 Å². The number of pyridine rings is 1. The van der Waals surface area contributed by atoms with Crippen molar-refractivity contribution in [3.63, 3.8) is 0 Å². The first-order valence-corrected chi connectivity index (χ1v) is 17.0. The quantitative estimate of drug-likeness (QED) is 0.255. The lowest BCUT2D eigenvalue weighted by Gasteiger charge is -2.43. The van der Waals surface area contributed by atoms with Gasteiger partial charge in [0.05, 0.1) is 22.6 Å². The molecule has 3 aromatic carbocycles. The number of rotatable bonds is 6. The number of hydrogen-bond donors (Lipinski definition) is 1. The van der Waals surface area contributed by atoms with E-state index in [1.807, 2.05) is 92.7 Å². The second-order valence-corrected chi connectivity index (χ2v) is 13.0. The number of aromatic nitrogens is 1. The van der Waals surface area contributed by atoms with Crippen LogP contribution in [0.25, 0.3) is 10.9 Å². The molecule has 0 saturated carbocycles. The van der Waals surface area contributed by atoms with Crippen molar-refractivity contribution in [2.45, 2.75) is 71.6 Å². The van der Waals surface area contributed by atoms with E-state index in [0.29, 0.717) is 24.7 Å². The molecule has 0 spiro atoms. The van der Waals surface area contributed by atoms with Crippen molar-refractivity contribution in [1.82, 2.24) is 25.0 Å². The number of amides is 4. The first-order valence-electron chi connectivity index (χ1n) is 16.6. The highest BCUT2D eigenvalue weighted by Gasteiger charge is 2.40. The molecule has 6 rings (SSSR count). The lowest BCUT2D eigenvalue weighted by Crippen LogP contribution is -2.61. The van der Waals surface area contributed by atoms with E-state index < -0.39 is 24.3 Å². The molecule has 4 atom stereocenters. The molecule has 1 aromatic heterocycles. The number of halogens is 1. The molecule has 12 heteroatoms. The van der Waals surface area contributed by atoms with Gasteiger partial charge in [0.15, 0.2) is 0 Å². The molecule has 2 aliphatic heterocycles. The van der Waals surface area contributed by atoms with Gasteiger partial charge in [0.1, 0.15) is 25.3 Å². The topological polar surface area (TPSA) is 121 Å². The molecule has 262 valence electrons. The van der Waals surface area contributed by atoms with E-state index in [1.54, 1.807) is 31.0 Å². The molecule has 4 aromatic rings. The van der Waals surface area contributed by atoms with Gasteiger partial charge in [-0.1, -0.05) is 84.4 Å². The Balaban J connectivity index is 0.000000219. The smallest absolute Gasteiger partial charge is 0.411 e. The molecule has 0 radical (unpaired) electrons. The first kappa shape index (κ1) is 36.1. The number of carbonyl (C=O) groups is 4. The maximum atomic E-state index is 13.0. The van der Waals surface area contributed by atoms with Crippen molar-refractivity contribution in [2.75, 3.05) is 13.1 Å². The highest BCUT2D eigenvalue weighted by atomic mass is 35.5. The summed E-state index contributed by atoms with van der Waals surface area (Å²) in [5.41, 5.74) is 3.60. The minimum absolute atomic E-state index is 0.0593. The zero-order chi connectivity index (χ0) is 35.8. The Morgan fingerprint density at radius 1 is 0.780 bits per heavy atom. The molecule has 50 heavy (non-hydrogen) atoms. The van der Waals surface area contributed by atoms with Gasteiger partial charge in [-0.05, 0) is 56.5 Å². The summed E-state index contributed by atoms with van der Waals surface area (Å²) in [4.78, 5) is 58.5. The van der Waals surface area contributed by atoms with E-state index in [4.69, 9.17) is 21.1 Å². The minimum Gasteiger partial charge on any atom is -0.445 e. The van der Waals surface area contributed by atoms with E-state index >= 15 is 0 Å². The van der Waals surface area contributed by atoms with Gasteiger partial charge in [-0.15, -0.1) is 0 Å². The molecule has 0 aliphatic carbocycles. The van der Waals surface area contributed by atoms with Gasteiger partial charge < -0.3 is 19.7 Å². The van der Waals surface area contributed by atoms with Crippen LogP contribution in [0.1, 0.15) is 44.4 Å². The van der Waals surface area contributed by atoms with E-state index in [2.05, 4.69) is 10.3 Å². The molecule has 2 unspecified atom stereocenters. The van der Waals surface area contributed by atoms with Crippen molar-refractivity contribution in [1.29, 1.82) is 0 Å². The van der Waals surface area contributed by atoms with Crippen LogP contribution in [-0.4, -0.2) is 80.9 Å².